The standard InChI is InChI=1S/C29H22N4/c1-2-20-13-14-29-23(17-20)22-9-3-4-12-28(22)33(29)21-18-26(24-10-5-7-15-30-24)32-27(19-21)25-11-6-8-16-31-25/h3-19H,2H2,1H3. The fraction of sp³-hybridized carbons (Fsp3) is 0.0690. The molecule has 33 heavy (non-hydrogen) atoms. The molecule has 0 unspecified atom stereocenters. The van der Waals surface area contributed by atoms with Crippen LogP contribution >= 0.6 is 0 Å². The average molecular weight is 427 g/mol. The molecule has 4 heteroatoms. The number of nitrogens with zero attached hydrogens (tertiary/aromatic N) is 4. The van der Waals surface area contributed by atoms with Gasteiger partial charge in [0.2, 0.25) is 0 Å². The van der Waals surface area contributed by atoms with Crippen molar-refractivity contribution in [1.82, 2.24) is 19.5 Å². The van der Waals surface area contributed by atoms with Crippen LogP contribution in [0.4, 0.5) is 0 Å². The summed E-state index contributed by atoms with van der Waals surface area (Å²) in [5.41, 5.74) is 8.06. The van der Waals surface area contributed by atoms with E-state index in [1.807, 2.05) is 36.4 Å². The summed E-state index contributed by atoms with van der Waals surface area (Å²) >= 11 is 0. The number of fused-ring (bicyclic) bond motifs is 3. The minimum atomic E-state index is 0.824. The Bertz CT molecular complexity index is 1530. The van der Waals surface area contributed by atoms with Crippen molar-refractivity contribution in [2.45, 2.75) is 13.3 Å². The Labute approximate surface area is 192 Å². The van der Waals surface area contributed by atoms with Gasteiger partial charge < -0.3 is 4.57 Å². The molecule has 0 fully saturated rings. The van der Waals surface area contributed by atoms with Crippen LogP contribution in [-0.4, -0.2) is 19.5 Å². The first-order valence-electron chi connectivity index (χ1n) is 11.2. The minimum Gasteiger partial charge on any atom is -0.309 e. The average Bonchev–Trinajstić information content (AvgIpc) is 3.23. The van der Waals surface area contributed by atoms with Crippen LogP contribution in [0.25, 0.3) is 50.3 Å². The van der Waals surface area contributed by atoms with Crippen LogP contribution in [-0.2, 0) is 6.42 Å². The SMILES string of the molecule is CCc1ccc2c(c1)c1ccccc1n2-c1cc(-c2ccccn2)nc(-c2ccccn2)c1. The predicted octanol–water partition coefficient (Wildman–Crippen LogP) is 6.87. The molecule has 0 N–H and O–H groups in total. The van der Waals surface area contributed by atoms with E-state index >= 15 is 0 Å². The second-order valence-electron chi connectivity index (χ2n) is 8.08. The molecule has 0 amide bonds. The maximum Gasteiger partial charge on any atom is 0.0915 e. The van der Waals surface area contributed by atoms with E-state index < -0.39 is 0 Å². The molecule has 4 heterocycles. The lowest BCUT2D eigenvalue weighted by molar-refractivity contribution is 1.13. The fourth-order valence-electron chi connectivity index (χ4n) is 4.45. The molecule has 0 radical (unpaired) electrons. The molecule has 0 bridgehead atoms. The fourth-order valence-corrected chi connectivity index (χ4v) is 4.45. The Morgan fingerprint density at radius 1 is 0.606 bits per heavy atom. The van der Waals surface area contributed by atoms with Crippen molar-refractivity contribution in [3.8, 4) is 28.5 Å². The van der Waals surface area contributed by atoms with Crippen LogP contribution < -0.4 is 0 Å². The first-order valence-corrected chi connectivity index (χ1v) is 11.2. The number of para-hydroxylation sites is 1. The molecule has 0 atom stereocenters. The van der Waals surface area contributed by atoms with E-state index in [0.717, 1.165) is 34.9 Å². The van der Waals surface area contributed by atoms with Gasteiger partial charge in [-0.15, -0.1) is 0 Å². The maximum atomic E-state index is 4.93. The van der Waals surface area contributed by atoms with E-state index in [-0.39, 0.29) is 0 Å². The summed E-state index contributed by atoms with van der Waals surface area (Å²) in [4.78, 5) is 14.1. The van der Waals surface area contributed by atoms with Crippen LogP contribution in [0.5, 0.6) is 0 Å². The Balaban J connectivity index is 1.68. The predicted molar refractivity (Wildman–Crippen MR) is 134 cm³/mol. The topological polar surface area (TPSA) is 43.6 Å². The van der Waals surface area contributed by atoms with E-state index in [2.05, 4.69) is 76.1 Å². The van der Waals surface area contributed by atoms with Crippen molar-refractivity contribution in [3.63, 3.8) is 0 Å². The van der Waals surface area contributed by atoms with E-state index in [1.165, 1.54) is 27.4 Å². The lowest BCUT2D eigenvalue weighted by atomic mass is 10.1. The molecule has 158 valence electrons. The Hall–Kier alpha value is -4.31. The van der Waals surface area contributed by atoms with E-state index in [0.29, 0.717) is 0 Å². The summed E-state index contributed by atoms with van der Waals surface area (Å²) in [6.07, 6.45) is 4.62. The van der Waals surface area contributed by atoms with Crippen molar-refractivity contribution >= 4 is 21.8 Å². The first-order chi connectivity index (χ1) is 16.3. The molecule has 0 aliphatic heterocycles. The maximum absolute atomic E-state index is 4.93. The number of benzene rings is 2. The monoisotopic (exact) mass is 426 g/mol. The molecule has 6 rings (SSSR count). The number of hydrogen-bond acceptors (Lipinski definition) is 3. The zero-order valence-corrected chi connectivity index (χ0v) is 18.3. The lowest BCUT2D eigenvalue weighted by Gasteiger charge is -2.12. The lowest BCUT2D eigenvalue weighted by Crippen LogP contribution is -1.99. The van der Waals surface area contributed by atoms with Gasteiger partial charge in [0.1, 0.15) is 0 Å². The Kier molecular flexibility index (Phi) is 4.69. The number of hydrogen-bond donors (Lipinski definition) is 0. The van der Waals surface area contributed by atoms with Crippen molar-refractivity contribution in [2.75, 3.05) is 0 Å². The third-order valence-electron chi connectivity index (χ3n) is 6.07. The summed E-state index contributed by atoms with van der Waals surface area (Å²) in [6.45, 7) is 2.20. The number of rotatable bonds is 4. The van der Waals surface area contributed by atoms with Gasteiger partial charge in [0.05, 0.1) is 39.5 Å². The highest BCUT2D eigenvalue weighted by Gasteiger charge is 2.16. The van der Waals surface area contributed by atoms with Gasteiger partial charge in [-0.05, 0) is 66.6 Å². The van der Waals surface area contributed by atoms with Gasteiger partial charge in [0.25, 0.3) is 0 Å². The van der Waals surface area contributed by atoms with Gasteiger partial charge in [0, 0.05) is 23.2 Å². The van der Waals surface area contributed by atoms with Crippen LogP contribution in [0, 0.1) is 0 Å². The Morgan fingerprint density at radius 2 is 1.24 bits per heavy atom. The molecule has 0 saturated heterocycles. The van der Waals surface area contributed by atoms with Gasteiger partial charge in [-0.3, -0.25) is 9.97 Å². The molecule has 0 spiro atoms. The summed E-state index contributed by atoms with van der Waals surface area (Å²) in [5, 5.41) is 2.51. The minimum absolute atomic E-state index is 0.824. The van der Waals surface area contributed by atoms with Crippen LogP contribution in [0.3, 0.4) is 0 Å². The van der Waals surface area contributed by atoms with Crippen LogP contribution in [0.2, 0.25) is 0 Å². The van der Waals surface area contributed by atoms with Crippen LogP contribution in [0.1, 0.15) is 12.5 Å². The zero-order chi connectivity index (χ0) is 22.2. The highest BCUT2D eigenvalue weighted by atomic mass is 15.0. The van der Waals surface area contributed by atoms with Crippen molar-refractivity contribution in [2.24, 2.45) is 0 Å². The highest BCUT2D eigenvalue weighted by Crippen LogP contribution is 2.34. The Morgan fingerprint density at radius 3 is 1.88 bits per heavy atom. The van der Waals surface area contributed by atoms with Crippen molar-refractivity contribution in [3.05, 3.63) is 109 Å². The third-order valence-corrected chi connectivity index (χ3v) is 6.07. The molecule has 6 aromatic rings. The zero-order valence-electron chi connectivity index (χ0n) is 18.3. The number of aryl methyl sites for hydroxylation is 1. The van der Waals surface area contributed by atoms with E-state index in [9.17, 15) is 0 Å². The van der Waals surface area contributed by atoms with Gasteiger partial charge in [0.15, 0.2) is 0 Å². The molecular formula is C29H22N4. The summed E-state index contributed by atoms with van der Waals surface area (Å²) in [7, 11) is 0. The van der Waals surface area contributed by atoms with Gasteiger partial charge in [-0.1, -0.05) is 43.3 Å². The first kappa shape index (κ1) is 19.4. The third kappa shape index (κ3) is 3.37. The molecular weight excluding hydrogens is 404 g/mol. The van der Waals surface area contributed by atoms with Gasteiger partial charge in [-0.25, -0.2) is 4.98 Å². The molecule has 4 aromatic heterocycles. The van der Waals surface area contributed by atoms with Gasteiger partial charge in [-0.2, -0.15) is 0 Å². The molecule has 4 nitrogen and oxygen atoms in total. The summed E-state index contributed by atoms with van der Waals surface area (Å²) < 4.78 is 2.32. The number of aromatic nitrogens is 4. The van der Waals surface area contributed by atoms with E-state index in [4.69, 9.17) is 4.98 Å². The molecule has 0 aliphatic rings. The molecule has 2 aromatic carbocycles. The van der Waals surface area contributed by atoms with Crippen molar-refractivity contribution in [1.29, 1.82) is 0 Å². The molecule has 0 saturated carbocycles. The highest BCUT2D eigenvalue weighted by molar-refractivity contribution is 6.09. The largest absolute Gasteiger partial charge is 0.309 e. The van der Waals surface area contributed by atoms with Gasteiger partial charge >= 0.3 is 0 Å². The molecule has 0 aliphatic carbocycles. The smallest absolute Gasteiger partial charge is 0.0915 e. The second-order valence-corrected chi connectivity index (χ2v) is 8.08. The van der Waals surface area contributed by atoms with E-state index in [1.54, 1.807) is 12.4 Å². The quantitative estimate of drug-likeness (QED) is 0.309. The second kappa shape index (κ2) is 7.99. The number of pyridine rings is 3. The normalized spacial score (nSPS) is 11.3. The van der Waals surface area contributed by atoms with Crippen molar-refractivity contribution < 1.29 is 0 Å². The summed E-state index contributed by atoms with van der Waals surface area (Å²) in [6, 6.07) is 31.4. The van der Waals surface area contributed by atoms with Crippen LogP contribution in [0.15, 0.2) is 103 Å². The summed E-state index contributed by atoms with van der Waals surface area (Å²) in [5.74, 6) is 0.